The molecule has 0 amide bonds. The Hall–Kier alpha value is -1.94. The van der Waals surface area contributed by atoms with Gasteiger partial charge in [-0.3, -0.25) is 0 Å². The summed E-state index contributed by atoms with van der Waals surface area (Å²) < 4.78 is 16.1. The third-order valence-corrected chi connectivity index (χ3v) is 3.91. The molecule has 0 heterocycles. The second-order valence-corrected chi connectivity index (χ2v) is 5.21. The largest absolute Gasteiger partial charge is 0.493 e. The van der Waals surface area contributed by atoms with Gasteiger partial charge in [-0.15, -0.1) is 0 Å². The van der Waals surface area contributed by atoms with Gasteiger partial charge in [-0.2, -0.15) is 0 Å². The molecule has 1 aromatic rings. The highest BCUT2D eigenvalue weighted by atomic mass is 16.5. The van der Waals surface area contributed by atoms with Gasteiger partial charge in [0.05, 0.1) is 21.3 Å². The number of allylic oxidation sites excluding steroid dienone is 2. The van der Waals surface area contributed by atoms with Crippen molar-refractivity contribution in [2.75, 3.05) is 21.3 Å². The molecule has 22 heavy (non-hydrogen) atoms. The van der Waals surface area contributed by atoms with Gasteiger partial charge in [-0.05, 0) is 38.5 Å². The molecule has 1 atom stereocenters. The molecule has 0 aromatic heterocycles. The lowest BCUT2D eigenvalue weighted by molar-refractivity contribution is 0.323. The van der Waals surface area contributed by atoms with Crippen molar-refractivity contribution in [2.24, 2.45) is 0 Å². The molecular formula is C18H27NO3. The molecule has 0 radical (unpaired) electrons. The summed E-state index contributed by atoms with van der Waals surface area (Å²) in [4.78, 5) is 0. The van der Waals surface area contributed by atoms with Gasteiger partial charge >= 0.3 is 0 Å². The van der Waals surface area contributed by atoms with Crippen molar-refractivity contribution in [1.82, 2.24) is 5.32 Å². The lowest BCUT2D eigenvalue weighted by atomic mass is 10.0. The quantitative estimate of drug-likeness (QED) is 0.743. The fourth-order valence-electron chi connectivity index (χ4n) is 2.16. The molecule has 1 rings (SSSR count). The van der Waals surface area contributed by atoms with E-state index in [1.807, 2.05) is 18.2 Å². The molecule has 4 nitrogen and oxygen atoms in total. The summed E-state index contributed by atoms with van der Waals surface area (Å²) in [5, 5.41) is 3.50. The van der Waals surface area contributed by atoms with Crippen LogP contribution in [0.2, 0.25) is 0 Å². The summed E-state index contributed by atoms with van der Waals surface area (Å²) in [5.74, 6) is 1.95. The molecule has 122 valence electrons. The number of nitrogens with one attached hydrogen (secondary N) is 1. The van der Waals surface area contributed by atoms with Crippen molar-refractivity contribution < 1.29 is 14.2 Å². The second kappa shape index (κ2) is 8.49. The summed E-state index contributed by atoms with van der Waals surface area (Å²) >= 11 is 0. The van der Waals surface area contributed by atoms with E-state index in [1.54, 1.807) is 21.3 Å². The standard InChI is InChI=1S/C18H27NO3/c1-8-12(2)13(3)14(4)19-11-15-9-16(20-5)18(22-7)17(10-15)21-6/h8-10,14,19H,1,11H2,2-7H3. The molecule has 1 N–H and O–H groups in total. The maximum atomic E-state index is 5.37. The van der Waals surface area contributed by atoms with E-state index < -0.39 is 0 Å². The number of ether oxygens (including phenoxy) is 3. The maximum Gasteiger partial charge on any atom is 0.203 e. The van der Waals surface area contributed by atoms with E-state index in [0.29, 0.717) is 23.8 Å². The summed E-state index contributed by atoms with van der Waals surface area (Å²) in [6.45, 7) is 10.8. The highest BCUT2D eigenvalue weighted by Crippen LogP contribution is 2.38. The zero-order chi connectivity index (χ0) is 16.7. The van der Waals surface area contributed by atoms with Crippen LogP contribution in [0.3, 0.4) is 0 Å². The Morgan fingerprint density at radius 1 is 1.14 bits per heavy atom. The first-order valence-corrected chi connectivity index (χ1v) is 7.30. The van der Waals surface area contributed by atoms with Crippen LogP contribution in [0, 0.1) is 0 Å². The molecule has 0 aliphatic carbocycles. The van der Waals surface area contributed by atoms with Crippen molar-refractivity contribution in [3.8, 4) is 17.2 Å². The third kappa shape index (κ3) is 4.28. The van der Waals surface area contributed by atoms with Crippen LogP contribution < -0.4 is 19.5 Å². The van der Waals surface area contributed by atoms with E-state index in [-0.39, 0.29) is 6.04 Å². The molecular weight excluding hydrogens is 278 g/mol. The zero-order valence-electron chi connectivity index (χ0n) is 14.4. The molecule has 0 bridgehead atoms. The van der Waals surface area contributed by atoms with Crippen LogP contribution in [-0.2, 0) is 6.54 Å². The van der Waals surface area contributed by atoms with E-state index in [9.17, 15) is 0 Å². The maximum absolute atomic E-state index is 5.37. The second-order valence-electron chi connectivity index (χ2n) is 5.21. The van der Waals surface area contributed by atoms with E-state index in [2.05, 4.69) is 32.7 Å². The van der Waals surface area contributed by atoms with Crippen LogP contribution in [0.5, 0.6) is 17.2 Å². The Labute approximate surface area is 133 Å². The number of hydrogen-bond donors (Lipinski definition) is 1. The van der Waals surface area contributed by atoms with Crippen molar-refractivity contribution in [3.05, 3.63) is 41.5 Å². The monoisotopic (exact) mass is 305 g/mol. The van der Waals surface area contributed by atoms with Gasteiger partial charge in [0.25, 0.3) is 0 Å². The smallest absolute Gasteiger partial charge is 0.203 e. The van der Waals surface area contributed by atoms with Crippen molar-refractivity contribution in [2.45, 2.75) is 33.4 Å². The minimum atomic E-state index is 0.261. The molecule has 0 aliphatic rings. The fraction of sp³-hybridized carbons (Fsp3) is 0.444. The molecule has 4 heteroatoms. The van der Waals surface area contributed by atoms with E-state index in [0.717, 1.165) is 5.56 Å². The van der Waals surface area contributed by atoms with Crippen molar-refractivity contribution >= 4 is 0 Å². The first kappa shape index (κ1) is 18.1. The molecule has 1 unspecified atom stereocenters. The zero-order valence-corrected chi connectivity index (χ0v) is 14.4. The van der Waals surface area contributed by atoms with Gasteiger partial charge in [0.15, 0.2) is 11.5 Å². The Balaban J connectivity index is 2.93. The predicted molar refractivity (Wildman–Crippen MR) is 91.0 cm³/mol. The lowest BCUT2D eigenvalue weighted by Crippen LogP contribution is -2.27. The van der Waals surface area contributed by atoms with Gasteiger partial charge in [0.2, 0.25) is 5.75 Å². The van der Waals surface area contributed by atoms with Gasteiger partial charge in [0, 0.05) is 12.6 Å². The van der Waals surface area contributed by atoms with Crippen LogP contribution in [0.4, 0.5) is 0 Å². The first-order chi connectivity index (χ1) is 10.5. The summed E-state index contributed by atoms with van der Waals surface area (Å²) in [5.41, 5.74) is 3.55. The van der Waals surface area contributed by atoms with Crippen molar-refractivity contribution in [1.29, 1.82) is 0 Å². The Morgan fingerprint density at radius 2 is 1.68 bits per heavy atom. The van der Waals surface area contributed by atoms with Gasteiger partial charge in [-0.25, -0.2) is 0 Å². The normalized spacial score (nSPS) is 13.2. The lowest BCUT2D eigenvalue weighted by Gasteiger charge is -2.18. The molecule has 0 spiro atoms. The van der Waals surface area contributed by atoms with Gasteiger partial charge in [0.1, 0.15) is 0 Å². The third-order valence-electron chi connectivity index (χ3n) is 3.91. The molecule has 1 aromatic carbocycles. The fourth-order valence-corrected chi connectivity index (χ4v) is 2.16. The minimum absolute atomic E-state index is 0.261. The average molecular weight is 305 g/mol. The highest BCUT2D eigenvalue weighted by molar-refractivity contribution is 5.53. The number of hydrogen-bond acceptors (Lipinski definition) is 4. The molecule has 0 saturated carbocycles. The highest BCUT2D eigenvalue weighted by Gasteiger charge is 2.14. The average Bonchev–Trinajstić information content (AvgIpc) is 2.56. The van der Waals surface area contributed by atoms with E-state index in [4.69, 9.17) is 14.2 Å². The Morgan fingerprint density at radius 3 is 2.09 bits per heavy atom. The van der Waals surface area contributed by atoms with E-state index >= 15 is 0 Å². The minimum Gasteiger partial charge on any atom is -0.493 e. The summed E-state index contributed by atoms with van der Waals surface area (Å²) in [6.07, 6.45) is 1.88. The summed E-state index contributed by atoms with van der Waals surface area (Å²) in [6, 6.07) is 4.18. The SMILES string of the molecule is C=CC(C)=C(C)C(C)NCc1cc(OC)c(OC)c(OC)c1. The van der Waals surface area contributed by atoms with Crippen LogP contribution >= 0.6 is 0 Å². The molecule has 0 fully saturated rings. The summed E-state index contributed by atoms with van der Waals surface area (Å²) in [7, 11) is 4.85. The van der Waals surface area contributed by atoms with Crippen LogP contribution in [0.1, 0.15) is 26.3 Å². The predicted octanol–water partition coefficient (Wildman–Crippen LogP) is 3.71. The van der Waals surface area contributed by atoms with Crippen molar-refractivity contribution in [3.63, 3.8) is 0 Å². The topological polar surface area (TPSA) is 39.7 Å². The molecule has 0 aliphatic heterocycles. The number of rotatable bonds is 8. The van der Waals surface area contributed by atoms with E-state index in [1.165, 1.54) is 11.1 Å². The van der Waals surface area contributed by atoms with Crippen LogP contribution in [-0.4, -0.2) is 27.4 Å². The van der Waals surface area contributed by atoms with Gasteiger partial charge < -0.3 is 19.5 Å². The first-order valence-electron chi connectivity index (χ1n) is 7.30. The Kier molecular flexibility index (Phi) is 6.99. The van der Waals surface area contributed by atoms with Gasteiger partial charge in [-0.1, -0.05) is 23.8 Å². The molecule has 0 saturated heterocycles. The number of benzene rings is 1. The van der Waals surface area contributed by atoms with Crippen LogP contribution in [0.15, 0.2) is 35.9 Å². The number of methoxy groups -OCH3 is 3. The van der Waals surface area contributed by atoms with Crippen LogP contribution in [0.25, 0.3) is 0 Å². The Bertz CT molecular complexity index is 524.